The van der Waals surface area contributed by atoms with Gasteiger partial charge in [-0.15, -0.1) is 12.4 Å². The van der Waals surface area contributed by atoms with E-state index in [-0.39, 0.29) is 23.0 Å². The van der Waals surface area contributed by atoms with Gasteiger partial charge in [-0.2, -0.15) is 0 Å². The van der Waals surface area contributed by atoms with Gasteiger partial charge in [0.15, 0.2) is 0 Å². The minimum Gasteiger partial charge on any atom is -0.391 e. The van der Waals surface area contributed by atoms with Gasteiger partial charge in [0.25, 0.3) is 0 Å². The molecule has 0 unspecified atom stereocenters. The molecule has 104 valence electrons. The highest BCUT2D eigenvalue weighted by Gasteiger charge is 2.32. The van der Waals surface area contributed by atoms with Crippen molar-refractivity contribution in [2.75, 3.05) is 0 Å². The SMILES string of the molecule is CC(C)(C)[C@@H](O)[C@@H](N)c1c(F)ccc(Cl)c1F.Cl. The van der Waals surface area contributed by atoms with E-state index in [0.717, 1.165) is 12.1 Å². The molecule has 0 radical (unpaired) electrons. The van der Waals surface area contributed by atoms with Gasteiger partial charge in [0.2, 0.25) is 0 Å². The van der Waals surface area contributed by atoms with E-state index in [0.29, 0.717) is 0 Å². The molecule has 0 spiro atoms. The maximum absolute atomic E-state index is 13.7. The van der Waals surface area contributed by atoms with Crippen molar-refractivity contribution in [1.29, 1.82) is 0 Å². The summed E-state index contributed by atoms with van der Waals surface area (Å²) in [4.78, 5) is 0. The van der Waals surface area contributed by atoms with Crippen LogP contribution >= 0.6 is 24.0 Å². The summed E-state index contributed by atoms with van der Waals surface area (Å²) in [5, 5.41) is 9.74. The average Bonchev–Trinajstić information content (AvgIpc) is 2.21. The molecule has 2 atom stereocenters. The molecule has 1 aromatic carbocycles. The van der Waals surface area contributed by atoms with Crippen LogP contribution in [0.4, 0.5) is 8.78 Å². The zero-order chi connectivity index (χ0) is 13.4. The Morgan fingerprint density at radius 3 is 2.22 bits per heavy atom. The van der Waals surface area contributed by atoms with Crippen LogP contribution in [0.3, 0.4) is 0 Å². The maximum atomic E-state index is 13.7. The van der Waals surface area contributed by atoms with Crippen LogP contribution in [0.15, 0.2) is 12.1 Å². The Morgan fingerprint density at radius 2 is 1.78 bits per heavy atom. The van der Waals surface area contributed by atoms with Gasteiger partial charge in [-0.1, -0.05) is 32.4 Å². The van der Waals surface area contributed by atoms with Crippen molar-refractivity contribution in [2.45, 2.75) is 32.9 Å². The number of aliphatic hydroxyl groups excluding tert-OH is 1. The minimum absolute atomic E-state index is 0. The number of hydrogen-bond acceptors (Lipinski definition) is 2. The summed E-state index contributed by atoms with van der Waals surface area (Å²) < 4.78 is 27.2. The lowest BCUT2D eigenvalue weighted by molar-refractivity contribution is 0.0381. The number of nitrogens with two attached hydrogens (primary N) is 1. The van der Waals surface area contributed by atoms with E-state index in [1.54, 1.807) is 20.8 Å². The first-order valence-electron chi connectivity index (χ1n) is 5.23. The number of benzene rings is 1. The molecule has 0 bridgehead atoms. The summed E-state index contributed by atoms with van der Waals surface area (Å²) in [6.07, 6.45) is -1.08. The Hall–Kier alpha value is -0.420. The van der Waals surface area contributed by atoms with E-state index in [4.69, 9.17) is 17.3 Å². The summed E-state index contributed by atoms with van der Waals surface area (Å²) in [5.74, 6) is -1.72. The smallest absolute Gasteiger partial charge is 0.149 e. The molecule has 1 aromatic rings. The molecule has 1 rings (SSSR count). The Balaban J connectivity index is 0.00000289. The van der Waals surface area contributed by atoms with Crippen molar-refractivity contribution in [2.24, 2.45) is 11.1 Å². The van der Waals surface area contributed by atoms with Gasteiger partial charge < -0.3 is 10.8 Å². The van der Waals surface area contributed by atoms with Crippen LogP contribution in [0.25, 0.3) is 0 Å². The lowest BCUT2D eigenvalue weighted by Crippen LogP contribution is -2.38. The van der Waals surface area contributed by atoms with E-state index < -0.39 is 29.2 Å². The number of rotatable bonds is 2. The summed E-state index contributed by atoms with van der Waals surface area (Å²) in [5.41, 5.74) is 4.75. The first-order chi connectivity index (χ1) is 7.66. The third kappa shape index (κ3) is 3.54. The van der Waals surface area contributed by atoms with Crippen molar-refractivity contribution < 1.29 is 13.9 Å². The van der Waals surface area contributed by atoms with Gasteiger partial charge in [0, 0.05) is 5.56 Å². The molecule has 0 saturated heterocycles. The van der Waals surface area contributed by atoms with Crippen LogP contribution in [0.1, 0.15) is 32.4 Å². The molecule has 0 saturated carbocycles. The van der Waals surface area contributed by atoms with Gasteiger partial charge in [-0.25, -0.2) is 8.78 Å². The quantitative estimate of drug-likeness (QED) is 0.822. The van der Waals surface area contributed by atoms with Crippen molar-refractivity contribution in [3.05, 3.63) is 34.4 Å². The van der Waals surface area contributed by atoms with Gasteiger partial charge in [-0.3, -0.25) is 0 Å². The molecule has 3 N–H and O–H groups in total. The summed E-state index contributed by atoms with van der Waals surface area (Å²) in [6, 6.07) is 0.996. The second-order valence-electron chi connectivity index (χ2n) is 5.09. The predicted octanol–water partition coefficient (Wildman–Crippen LogP) is 3.45. The van der Waals surface area contributed by atoms with Crippen LogP contribution in [-0.2, 0) is 0 Å². The fourth-order valence-electron chi connectivity index (χ4n) is 1.54. The number of aliphatic hydroxyl groups is 1. The van der Waals surface area contributed by atoms with E-state index in [2.05, 4.69) is 0 Å². The fraction of sp³-hybridized carbons (Fsp3) is 0.500. The predicted molar refractivity (Wildman–Crippen MR) is 71.0 cm³/mol. The summed E-state index contributed by atoms with van der Waals surface area (Å²) >= 11 is 5.57. The zero-order valence-corrected chi connectivity index (χ0v) is 11.9. The number of hydrogen-bond donors (Lipinski definition) is 2. The first kappa shape index (κ1) is 17.6. The van der Waals surface area contributed by atoms with E-state index >= 15 is 0 Å². The van der Waals surface area contributed by atoms with E-state index in [9.17, 15) is 13.9 Å². The molecular weight excluding hydrogens is 283 g/mol. The molecule has 0 amide bonds. The molecule has 0 aromatic heterocycles. The molecule has 0 aliphatic rings. The summed E-state index contributed by atoms with van der Waals surface area (Å²) in [7, 11) is 0. The largest absolute Gasteiger partial charge is 0.391 e. The lowest BCUT2D eigenvalue weighted by atomic mass is 9.82. The molecule has 0 aliphatic heterocycles. The van der Waals surface area contributed by atoms with Crippen LogP contribution < -0.4 is 5.73 Å². The molecule has 0 fully saturated rings. The van der Waals surface area contributed by atoms with Crippen LogP contribution in [0, 0.1) is 17.0 Å². The van der Waals surface area contributed by atoms with E-state index in [1.807, 2.05) is 0 Å². The van der Waals surface area contributed by atoms with Crippen LogP contribution in [0.2, 0.25) is 5.02 Å². The van der Waals surface area contributed by atoms with Crippen molar-refractivity contribution in [3.63, 3.8) is 0 Å². The summed E-state index contributed by atoms with van der Waals surface area (Å²) in [6.45, 7) is 5.20. The lowest BCUT2D eigenvalue weighted by Gasteiger charge is -2.31. The van der Waals surface area contributed by atoms with Gasteiger partial charge >= 0.3 is 0 Å². The molecule has 6 heteroatoms. The Bertz CT molecular complexity index is 421. The fourth-order valence-corrected chi connectivity index (χ4v) is 1.71. The van der Waals surface area contributed by atoms with Gasteiger partial charge in [0.1, 0.15) is 11.6 Å². The molecule has 18 heavy (non-hydrogen) atoms. The Morgan fingerprint density at radius 1 is 1.28 bits per heavy atom. The molecule has 0 aliphatic carbocycles. The number of halogens is 4. The standard InChI is InChI=1S/C12H16ClF2NO.ClH/c1-12(2,3)11(17)10(16)8-7(14)5-4-6(13)9(8)15;/h4-5,10-11,17H,16H2,1-3H3;1H/t10-,11-;/m0./s1. The van der Waals surface area contributed by atoms with Crippen molar-refractivity contribution >= 4 is 24.0 Å². The topological polar surface area (TPSA) is 46.2 Å². The molecular formula is C12H17Cl2F2NO. The normalized spacial score (nSPS) is 14.9. The van der Waals surface area contributed by atoms with E-state index in [1.165, 1.54) is 0 Å². The molecule has 2 nitrogen and oxygen atoms in total. The highest BCUT2D eigenvalue weighted by molar-refractivity contribution is 6.30. The van der Waals surface area contributed by atoms with Crippen LogP contribution in [0.5, 0.6) is 0 Å². The highest BCUT2D eigenvalue weighted by atomic mass is 35.5. The van der Waals surface area contributed by atoms with Crippen molar-refractivity contribution in [1.82, 2.24) is 0 Å². The Kier molecular flexibility index (Phi) is 6.01. The van der Waals surface area contributed by atoms with Crippen molar-refractivity contribution in [3.8, 4) is 0 Å². The Labute approximate surface area is 117 Å². The van der Waals surface area contributed by atoms with Gasteiger partial charge in [0.05, 0.1) is 17.2 Å². The highest BCUT2D eigenvalue weighted by Crippen LogP contribution is 2.33. The first-order valence-corrected chi connectivity index (χ1v) is 5.61. The second-order valence-corrected chi connectivity index (χ2v) is 5.50. The average molecular weight is 300 g/mol. The zero-order valence-electron chi connectivity index (χ0n) is 10.4. The minimum atomic E-state index is -1.16. The third-order valence-electron chi connectivity index (χ3n) is 2.64. The third-order valence-corrected chi connectivity index (χ3v) is 2.93. The van der Waals surface area contributed by atoms with Gasteiger partial charge in [-0.05, 0) is 17.5 Å². The second kappa shape index (κ2) is 6.15. The molecule has 0 heterocycles. The maximum Gasteiger partial charge on any atom is 0.149 e. The van der Waals surface area contributed by atoms with Crippen LogP contribution in [-0.4, -0.2) is 11.2 Å². The monoisotopic (exact) mass is 299 g/mol.